The van der Waals surface area contributed by atoms with E-state index in [2.05, 4.69) is 20.2 Å². The average Bonchev–Trinajstić information content (AvgIpc) is 2.37. The highest BCUT2D eigenvalue weighted by Gasteiger charge is 2.20. The van der Waals surface area contributed by atoms with Gasteiger partial charge in [-0.05, 0) is 18.9 Å². The highest BCUT2D eigenvalue weighted by molar-refractivity contribution is 7.90. The molecule has 3 N–H and O–H groups in total. The molecular formula is C12H21N5O2S. The van der Waals surface area contributed by atoms with Crippen LogP contribution in [0.2, 0.25) is 0 Å². The van der Waals surface area contributed by atoms with Gasteiger partial charge in [0, 0.05) is 38.1 Å². The summed E-state index contributed by atoms with van der Waals surface area (Å²) < 4.78 is 22.3. The SMILES string of the molecule is CS(=O)(=O)CCN1CCC(Nc2nccc(N)n2)CC1. The lowest BCUT2D eigenvalue weighted by atomic mass is 10.1. The second-order valence-electron chi connectivity index (χ2n) is 5.20. The predicted molar refractivity (Wildman–Crippen MR) is 79.2 cm³/mol. The second kappa shape index (κ2) is 6.36. The lowest BCUT2D eigenvalue weighted by Gasteiger charge is -2.32. The number of likely N-dealkylation sites (tertiary alicyclic amines) is 1. The molecule has 1 aromatic rings. The number of rotatable bonds is 5. The van der Waals surface area contributed by atoms with E-state index in [1.54, 1.807) is 12.3 Å². The topological polar surface area (TPSA) is 101 Å². The van der Waals surface area contributed by atoms with Gasteiger partial charge in [-0.15, -0.1) is 0 Å². The van der Waals surface area contributed by atoms with Crippen molar-refractivity contribution in [2.75, 3.05) is 42.7 Å². The summed E-state index contributed by atoms with van der Waals surface area (Å²) in [4.78, 5) is 10.4. The highest BCUT2D eigenvalue weighted by atomic mass is 32.2. The molecule has 112 valence electrons. The Morgan fingerprint density at radius 1 is 1.45 bits per heavy atom. The van der Waals surface area contributed by atoms with Crippen molar-refractivity contribution in [2.45, 2.75) is 18.9 Å². The van der Waals surface area contributed by atoms with Gasteiger partial charge in [0.05, 0.1) is 5.75 Å². The van der Waals surface area contributed by atoms with Crippen LogP contribution < -0.4 is 11.1 Å². The summed E-state index contributed by atoms with van der Waals surface area (Å²) in [6.45, 7) is 2.38. The van der Waals surface area contributed by atoms with E-state index in [1.165, 1.54) is 6.26 Å². The summed E-state index contributed by atoms with van der Waals surface area (Å²) >= 11 is 0. The fourth-order valence-corrected chi connectivity index (χ4v) is 2.81. The maximum atomic E-state index is 11.1. The number of piperidine rings is 1. The molecule has 1 aromatic heterocycles. The number of hydrogen-bond acceptors (Lipinski definition) is 7. The standard InChI is InChI=1S/C12H21N5O2S/c1-20(18,19)9-8-17-6-3-10(4-7-17)15-12-14-5-2-11(13)16-12/h2,5,10H,3-4,6-9H2,1H3,(H3,13,14,15,16). The predicted octanol–water partition coefficient (Wildman–Crippen LogP) is -0.0203. The number of nitrogens with two attached hydrogens (primary N) is 1. The molecule has 0 radical (unpaired) electrons. The van der Waals surface area contributed by atoms with Gasteiger partial charge in [-0.2, -0.15) is 4.98 Å². The van der Waals surface area contributed by atoms with Gasteiger partial charge in [0.15, 0.2) is 0 Å². The van der Waals surface area contributed by atoms with Gasteiger partial charge >= 0.3 is 0 Å². The number of nitrogen functional groups attached to an aromatic ring is 1. The Balaban J connectivity index is 1.77. The number of nitrogens with zero attached hydrogens (tertiary/aromatic N) is 3. The molecule has 0 aromatic carbocycles. The van der Waals surface area contributed by atoms with Gasteiger partial charge < -0.3 is 16.0 Å². The number of nitrogens with one attached hydrogen (secondary N) is 1. The van der Waals surface area contributed by atoms with Crippen LogP contribution in [-0.4, -0.2) is 61.0 Å². The fraction of sp³-hybridized carbons (Fsp3) is 0.667. The van der Waals surface area contributed by atoms with Crippen LogP contribution in [0.15, 0.2) is 12.3 Å². The highest BCUT2D eigenvalue weighted by Crippen LogP contribution is 2.14. The van der Waals surface area contributed by atoms with Gasteiger partial charge in [0.25, 0.3) is 0 Å². The number of aromatic nitrogens is 2. The molecule has 1 aliphatic heterocycles. The van der Waals surface area contributed by atoms with Crippen molar-refractivity contribution in [1.82, 2.24) is 14.9 Å². The van der Waals surface area contributed by atoms with Crippen LogP contribution in [0.5, 0.6) is 0 Å². The van der Waals surface area contributed by atoms with Gasteiger partial charge in [0.1, 0.15) is 15.7 Å². The Labute approximate surface area is 119 Å². The van der Waals surface area contributed by atoms with E-state index in [4.69, 9.17) is 5.73 Å². The minimum absolute atomic E-state index is 0.226. The first kappa shape index (κ1) is 15.0. The van der Waals surface area contributed by atoms with Gasteiger partial charge in [0.2, 0.25) is 5.95 Å². The van der Waals surface area contributed by atoms with Crippen LogP contribution in [0.4, 0.5) is 11.8 Å². The minimum Gasteiger partial charge on any atom is -0.384 e. The van der Waals surface area contributed by atoms with Crippen molar-refractivity contribution in [3.8, 4) is 0 Å². The van der Waals surface area contributed by atoms with Crippen LogP contribution in [0.25, 0.3) is 0 Å². The maximum Gasteiger partial charge on any atom is 0.224 e. The molecule has 0 spiro atoms. The van der Waals surface area contributed by atoms with Gasteiger partial charge in [-0.1, -0.05) is 0 Å². The van der Waals surface area contributed by atoms with E-state index < -0.39 is 9.84 Å². The summed E-state index contributed by atoms with van der Waals surface area (Å²) in [5.41, 5.74) is 5.61. The third-order valence-corrected chi connectivity index (χ3v) is 4.30. The zero-order valence-corrected chi connectivity index (χ0v) is 12.4. The largest absolute Gasteiger partial charge is 0.384 e. The van der Waals surface area contributed by atoms with Crippen LogP contribution in [-0.2, 0) is 9.84 Å². The Bertz CT molecular complexity index is 541. The van der Waals surface area contributed by atoms with Crippen LogP contribution >= 0.6 is 0 Å². The normalized spacial score (nSPS) is 18.1. The van der Waals surface area contributed by atoms with Crippen molar-refractivity contribution in [3.63, 3.8) is 0 Å². The third kappa shape index (κ3) is 4.93. The maximum absolute atomic E-state index is 11.1. The zero-order chi connectivity index (χ0) is 14.6. The van der Waals surface area contributed by atoms with E-state index in [-0.39, 0.29) is 5.75 Å². The first-order chi connectivity index (χ1) is 9.42. The molecule has 0 aliphatic carbocycles. The lowest BCUT2D eigenvalue weighted by molar-refractivity contribution is 0.230. The van der Waals surface area contributed by atoms with E-state index in [0.29, 0.717) is 24.4 Å². The Kier molecular flexibility index (Phi) is 4.77. The molecule has 0 saturated carbocycles. The number of anilines is 2. The Morgan fingerprint density at radius 2 is 2.15 bits per heavy atom. The van der Waals surface area contributed by atoms with Gasteiger partial charge in [-0.3, -0.25) is 0 Å². The summed E-state index contributed by atoms with van der Waals surface area (Å²) in [5.74, 6) is 1.23. The van der Waals surface area contributed by atoms with E-state index >= 15 is 0 Å². The fourth-order valence-electron chi connectivity index (χ4n) is 2.22. The second-order valence-corrected chi connectivity index (χ2v) is 7.45. The number of sulfone groups is 1. The zero-order valence-electron chi connectivity index (χ0n) is 11.6. The molecule has 0 unspecified atom stereocenters. The van der Waals surface area contributed by atoms with Crippen LogP contribution in [0.1, 0.15) is 12.8 Å². The molecular weight excluding hydrogens is 278 g/mol. The molecule has 2 rings (SSSR count). The molecule has 1 saturated heterocycles. The Morgan fingerprint density at radius 3 is 2.75 bits per heavy atom. The summed E-state index contributed by atoms with van der Waals surface area (Å²) in [6.07, 6.45) is 4.80. The third-order valence-electron chi connectivity index (χ3n) is 3.38. The van der Waals surface area contributed by atoms with Crippen molar-refractivity contribution in [3.05, 3.63) is 12.3 Å². The average molecular weight is 299 g/mol. The van der Waals surface area contributed by atoms with Gasteiger partial charge in [-0.25, -0.2) is 13.4 Å². The molecule has 0 bridgehead atoms. The monoisotopic (exact) mass is 299 g/mol. The quantitative estimate of drug-likeness (QED) is 0.788. The summed E-state index contributed by atoms with van der Waals surface area (Å²) in [7, 11) is -2.88. The minimum atomic E-state index is -2.88. The van der Waals surface area contributed by atoms with E-state index in [1.807, 2.05) is 0 Å². The van der Waals surface area contributed by atoms with Crippen LogP contribution in [0, 0.1) is 0 Å². The molecule has 7 nitrogen and oxygen atoms in total. The lowest BCUT2D eigenvalue weighted by Crippen LogP contribution is -2.41. The molecule has 20 heavy (non-hydrogen) atoms. The van der Waals surface area contributed by atoms with Crippen LogP contribution in [0.3, 0.4) is 0 Å². The van der Waals surface area contributed by atoms with Crippen molar-refractivity contribution < 1.29 is 8.42 Å². The smallest absolute Gasteiger partial charge is 0.224 e. The molecule has 1 aliphatic rings. The summed E-state index contributed by atoms with van der Waals surface area (Å²) in [6, 6.07) is 1.96. The van der Waals surface area contributed by atoms with Crippen molar-refractivity contribution >= 4 is 21.6 Å². The number of hydrogen-bond donors (Lipinski definition) is 2. The molecule has 2 heterocycles. The summed E-state index contributed by atoms with van der Waals surface area (Å²) in [5, 5.41) is 3.27. The van der Waals surface area contributed by atoms with E-state index in [9.17, 15) is 8.42 Å². The van der Waals surface area contributed by atoms with Crippen molar-refractivity contribution in [2.24, 2.45) is 0 Å². The molecule has 0 atom stereocenters. The first-order valence-corrected chi connectivity index (χ1v) is 8.73. The Hall–Kier alpha value is -1.41. The molecule has 0 amide bonds. The first-order valence-electron chi connectivity index (χ1n) is 6.67. The van der Waals surface area contributed by atoms with E-state index in [0.717, 1.165) is 25.9 Å². The van der Waals surface area contributed by atoms with Crippen molar-refractivity contribution in [1.29, 1.82) is 0 Å². The molecule has 8 heteroatoms. The molecule has 1 fully saturated rings.